The summed E-state index contributed by atoms with van der Waals surface area (Å²) in [6, 6.07) is 7.08. The third-order valence-corrected chi connectivity index (χ3v) is 5.46. The average molecular weight is 430 g/mol. The van der Waals surface area contributed by atoms with E-state index >= 15 is 0 Å². The predicted molar refractivity (Wildman–Crippen MR) is 112 cm³/mol. The Kier molecular flexibility index (Phi) is 9.35. The molecule has 0 radical (unpaired) electrons. The number of halogens is 2. The molecule has 2 heterocycles. The van der Waals surface area contributed by atoms with Crippen LogP contribution in [0.15, 0.2) is 24.3 Å². The van der Waals surface area contributed by atoms with Crippen molar-refractivity contribution in [3.63, 3.8) is 0 Å². The average Bonchev–Trinajstić information content (AvgIpc) is 3.23. The van der Waals surface area contributed by atoms with Crippen molar-refractivity contribution in [2.45, 2.75) is 38.1 Å². The van der Waals surface area contributed by atoms with Crippen LogP contribution in [0.4, 0.5) is 0 Å². The molecule has 1 aromatic carbocycles. The fourth-order valence-corrected chi connectivity index (χ4v) is 3.81. The quantitative estimate of drug-likeness (QED) is 0.698. The molecule has 0 spiro atoms. The Morgan fingerprint density at radius 2 is 2.00 bits per heavy atom. The van der Waals surface area contributed by atoms with Crippen molar-refractivity contribution >= 4 is 35.8 Å². The number of ether oxygens (including phenoxy) is 1. The Morgan fingerprint density at radius 1 is 1.21 bits per heavy atom. The molecule has 8 heteroatoms. The van der Waals surface area contributed by atoms with Gasteiger partial charge in [-0.25, -0.2) is 0 Å². The Balaban J connectivity index is 0.00000280. The fraction of sp³-hybridized carbons (Fsp3) is 0.600. The molecule has 28 heavy (non-hydrogen) atoms. The summed E-state index contributed by atoms with van der Waals surface area (Å²) in [6.45, 7) is 3.40. The summed E-state index contributed by atoms with van der Waals surface area (Å²) in [4.78, 5) is 26.5. The number of rotatable bonds is 7. The first-order valence-corrected chi connectivity index (χ1v) is 10.2. The predicted octanol–water partition coefficient (Wildman–Crippen LogP) is 2.64. The van der Waals surface area contributed by atoms with E-state index in [0.29, 0.717) is 42.8 Å². The van der Waals surface area contributed by atoms with Crippen LogP contribution in [0.25, 0.3) is 0 Å². The summed E-state index contributed by atoms with van der Waals surface area (Å²) in [5.41, 5.74) is 0. The van der Waals surface area contributed by atoms with Crippen molar-refractivity contribution in [3.05, 3.63) is 29.3 Å². The van der Waals surface area contributed by atoms with Gasteiger partial charge in [0, 0.05) is 24.7 Å². The highest BCUT2D eigenvalue weighted by atomic mass is 35.5. The second-order valence-corrected chi connectivity index (χ2v) is 7.73. The normalized spacial score (nSPS) is 21.7. The molecule has 2 N–H and O–H groups in total. The highest BCUT2D eigenvalue weighted by Gasteiger charge is 2.26. The summed E-state index contributed by atoms with van der Waals surface area (Å²) in [7, 11) is 0. The smallest absolute Gasteiger partial charge is 0.237 e. The number of carbonyl (C=O) groups excluding carboxylic acids is 2. The van der Waals surface area contributed by atoms with Crippen LogP contribution in [-0.4, -0.2) is 55.5 Å². The molecule has 2 aliphatic heterocycles. The van der Waals surface area contributed by atoms with Gasteiger partial charge in [0.25, 0.3) is 0 Å². The van der Waals surface area contributed by atoms with E-state index in [1.807, 2.05) is 4.90 Å². The van der Waals surface area contributed by atoms with Crippen LogP contribution in [-0.2, 0) is 9.59 Å². The van der Waals surface area contributed by atoms with E-state index in [2.05, 4.69) is 10.6 Å². The van der Waals surface area contributed by atoms with Crippen LogP contribution >= 0.6 is 24.0 Å². The first-order chi connectivity index (χ1) is 13.1. The topological polar surface area (TPSA) is 70.7 Å². The monoisotopic (exact) mass is 429 g/mol. The molecule has 2 fully saturated rings. The van der Waals surface area contributed by atoms with Crippen molar-refractivity contribution in [1.29, 1.82) is 0 Å². The van der Waals surface area contributed by atoms with Crippen LogP contribution in [0, 0.1) is 5.92 Å². The number of benzene rings is 1. The van der Waals surface area contributed by atoms with Crippen molar-refractivity contribution in [3.8, 4) is 5.75 Å². The minimum absolute atomic E-state index is 0. The van der Waals surface area contributed by atoms with E-state index in [-0.39, 0.29) is 30.3 Å². The number of likely N-dealkylation sites (tertiary alicyclic amines) is 1. The van der Waals surface area contributed by atoms with E-state index in [9.17, 15) is 9.59 Å². The zero-order chi connectivity index (χ0) is 19.1. The summed E-state index contributed by atoms with van der Waals surface area (Å²) in [6.07, 6.45) is 4.35. The zero-order valence-electron chi connectivity index (χ0n) is 16.0. The van der Waals surface area contributed by atoms with E-state index in [1.165, 1.54) is 0 Å². The molecule has 3 rings (SSSR count). The molecule has 2 amide bonds. The molecular weight excluding hydrogens is 401 g/mol. The molecule has 0 aromatic heterocycles. The highest BCUT2D eigenvalue weighted by Crippen LogP contribution is 2.18. The molecule has 2 saturated heterocycles. The fourth-order valence-electron chi connectivity index (χ4n) is 3.68. The van der Waals surface area contributed by atoms with Gasteiger partial charge >= 0.3 is 0 Å². The maximum absolute atomic E-state index is 12.5. The van der Waals surface area contributed by atoms with Gasteiger partial charge in [-0.1, -0.05) is 11.6 Å². The standard InChI is InChI=1S/C20H28ClN3O3.ClH/c21-16-5-7-17(8-6-16)27-12-9-19(25)24-11-2-3-15(14-24)13-23-20(26)18-4-1-10-22-18;/h5-8,15,18,22H,1-4,9-14H2,(H,23,26);1H. The van der Waals surface area contributed by atoms with Crippen LogP contribution < -0.4 is 15.4 Å². The minimum Gasteiger partial charge on any atom is -0.493 e. The number of nitrogens with one attached hydrogen (secondary N) is 2. The number of carbonyl (C=O) groups is 2. The SMILES string of the molecule is Cl.O=C(NCC1CCCN(C(=O)CCOc2ccc(Cl)cc2)C1)C1CCCN1. The summed E-state index contributed by atoms with van der Waals surface area (Å²) < 4.78 is 5.62. The van der Waals surface area contributed by atoms with Crippen molar-refractivity contribution in [1.82, 2.24) is 15.5 Å². The molecular formula is C20H29Cl2N3O3. The van der Waals surface area contributed by atoms with E-state index < -0.39 is 0 Å². The van der Waals surface area contributed by atoms with Crippen LogP contribution in [0.3, 0.4) is 0 Å². The van der Waals surface area contributed by atoms with Crippen molar-refractivity contribution < 1.29 is 14.3 Å². The first-order valence-electron chi connectivity index (χ1n) is 9.79. The first kappa shape index (κ1) is 22.8. The van der Waals surface area contributed by atoms with Gasteiger partial charge in [-0.2, -0.15) is 0 Å². The maximum atomic E-state index is 12.5. The molecule has 1 aromatic rings. The summed E-state index contributed by atoms with van der Waals surface area (Å²) in [5.74, 6) is 1.24. The third kappa shape index (κ3) is 6.83. The summed E-state index contributed by atoms with van der Waals surface area (Å²) >= 11 is 5.85. The van der Waals surface area contributed by atoms with Gasteiger partial charge in [0.2, 0.25) is 11.8 Å². The largest absolute Gasteiger partial charge is 0.493 e. The van der Waals surface area contributed by atoms with Gasteiger partial charge in [0.15, 0.2) is 0 Å². The molecule has 2 aliphatic rings. The Morgan fingerprint density at radius 3 is 2.71 bits per heavy atom. The van der Waals surface area contributed by atoms with Crippen LogP contribution in [0.1, 0.15) is 32.1 Å². The van der Waals surface area contributed by atoms with E-state index in [4.69, 9.17) is 16.3 Å². The number of nitrogens with zero attached hydrogens (tertiary/aromatic N) is 1. The Bertz CT molecular complexity index is 636. The lowest BCUT2D eigenvalue weighted by atomic mass is 9.97. The highest BCUT2D eigenvalue weighted by molar-refractivity contribution is 6.30. The molecule has 6 nitrogen and oxygen atoms in total. The molecule has 2 unspecified atom stereocenters. The van der Waals surface area contributed by atoms with E-state index in [1.54, 1.807) is 24.3 Å². The van der Waals surface area contributed by atoms with Gasteiger partial charge in [-0.3, -0.25) is 9.59 Å². The lowest BCUT2D eigenvalue weighted by Gasteiger charge is -2.33. The second kappa shape index (κ2) is 11.5. The zero-order valence-corrected chi connectivity index (χ0v) is 17.6. The number of piperidine rings is 1. The van der Waals surface area contributed by atoms with Gasteiger partial charge in [-0.05, 0) is 62.4 Å². The molecule has 2 atom stereocenters. The molecule has 0 saturated carbocycles. The minimum atomic E-state index is -0.0451. The molecule has 0 bridgehead atoms. The van der Waals surface area contributed by atoms with Gasteiger partial charge < -0.3 is 20.3 Å². The Hall–Kier alpha value is -1.50. The van der Waals surface area contributed by atoms with Gasteiger partial charge in [0.05, 0.1) is 19.1 Å². The maximum Gasteiger partial charge on any atom is 0.237 e. The summed E-state index contributed by atoms with van der Waals surface area (Å²) in [5, 5.41) is 6.92. The van der Waals surface area contributed by atoms with Crippen molar-refractivity contribution in [2.24, 2.45) is 5.92 Å². The van der Waals surface area contributed by atoms with Gasteiger partial charge in [0.1, 0.15) is 5.75 Å². The third-order valence-electron chi connectivity index (χ3n) is 5.21. The second-order valence-electron chi connectivity index (χ2n) is 7.29. The lowest BCUT2D eigenvalue weighted by Crippen LogP contribution is -2.46. The van der Waals surface area contributed by atoms with Crippen molar-refractivity contribution in [2.75, 3.05) is 32.8 Å². The molecule has 0 aliphatic carbocycles. The number of hydrogen-bond acceptors (Lipinski definition) is 4. The lowest BCUT2D eigenvalue weighted by molar-refractivity contribution is -0.133. The van der Waals surface area contributed by atoms with E-state index in [0.717, 1.165) is 38.8 Å². The number of hydrogen-bond donors (Lipinski definition) is 2. The Labute approximate surface area is 177 Å². The van der Waals surface area contributed by atoms with Crippen LogP contribution in [0.5, 0.6) is 5.75 Å². The molecule has 156 valence electrons. The van der Waals surface area contributed by atoms with Gasteiger partial charge in [-0.15, -0.1) is 12.4 Å². The van der Waals surface area contributed by atoms with Crippen LogP contribution in [0.2, 0.25) is 5.02 Å². The number of amides is 2.